The molecule has 0 saturated heterocycles. The molecule has 4 aromatic rings. The van der Waals surface area contributed by atoms with Crippen LogP contribution in [0.3, 0.4) is 0 Å². The SMILES string of the molecule is OC[C@H]1CCCC(Nc2nc3ccc(Cn4cnc5cc(F)cnc54)cc3s2)C1. The molecule has 3 heterocycles. The van der Waals surface area contributed by atoms with Gasteiger partial charge in [-0.3, -0.25) is 0 Å². The highest BCUT2D eigenvalue weighted by Gasteiger charge is 2.22. The Kier molecular flexibility index (Phi) is 4.89. The molecule has 0 bridgehead atoms. The summed E-state index contributed by atoms with van der Waals surface area (Å²) >= 11 is 1.66. The van der Waals surface area contributed by atoms with E-state index in [2.05, 4.69) is 27.4 Å². The molecule has 29 heavy (non-hydrogen) atoms. The van der Waals surface area contributed by atoms with E-state index < -0.39 is 0 Å². The number of nitrogens with zero attached hydrogens (tertiary/aromatic N) is 4. The molecule has 6 nitrogen and oxygen atoms in total. The number of aliphatic hydroxyl groups is 1. The number of hydrogen-bond acceptors (Lipinski definition) is 6. The Labute approximate surface area is 171 Å². The maximum absolute atomic E-state index is 13.3. The Morgan fingerprint density at radius 2 is 2.14 bits per heavy atom. The minimum atomic E-state index is -0.378. The van der Waals surface area contributed by atoms with Crippen molar-refractivity contribution >= 4 is 37.8 Å². The summed E-state index contributed by atoms with van der Waals surface area (Å²) in [4.78, 5) is 13.1. The summed E-state index contributed by atoms with van der Waals surface area (Å²) in [6.45, 7) is 0.887. The van der Waals surface area contributed by atoms with Crippen molar-refractivity contribution in [2.75, 3.05) is 11.9 Å². The summed E-state index contributed by atoms with van der Waals surface area (Å²) in [5.74, 6) is 0.0199. The predicted molar refractivity (Wildman–Crippen MR) is 113 cm³/mol. The molecule has 1 saturated carbocycles. The monoisotopic (exact) mass is 411 g/mol. The van der Waals surface area contributed by atoms with Crippen LogP contribution in [0.5, 0.6) is 0 Å². The predicted octanol–water partition coefficient (Wildman–Crippen LogP) is 4.19. The minimum absolute atomic E-state index is 0.270. The van der Waals surface area contributed by atoms with Crippen molar-refractivity contribution < 1.29 is 9.50 Å². The zero-order valence-electron chi connectivity index (χ0n) is 15.9. The number of anilines is 1. The van der Waals surface area contributed by atoms with Gasteiger partial charge in [-0.15, -0.1) is 0 Å². The Balaban J connectivity index is 1.35. The highest BCUT2D eigenvalue weighted by atomic mass is 32.1. The van der Waals surface area contributed by atoms with E-state index in [1.807, 2.05) is 10.6 Å². The normalized spacial score (nSPS) is 19.8. The number of rotatable bonds is 5. The lowest BCUT2D eigenvalue weighted by atomic mass is 9.86. The van der Waals surface area contributed by atoms with E-state index >= 15 is 0 Å². The van der Waals surface area contributed by atoms with Gasteiger partial charge in [0, 0.05) is 18.7 Å². The maximum atomic E-state index is 13.3. The lowest BCUT2D eigenvalue weighted by molar-refractivity contribution is 0.184. The number of thiazole rings is 1. The number of aliphatic hydroxyl groups excluding tert-OH is 1. The van der Waals surface area contributed by atoms with Crippen molar-refractivity contribution in [1.29, 1.82) is 0 Å². The molecular weight excluding hydrogens is 389 g/mol. The first-order valence-corrected chi connectivity index (χ1v) is 10.7. The second-order valence-electron chi connectivity index (χ2n) is 7.75. The average molecular weight is 412 g/mol. The molecule has 0 amide bonds. The van der Waals surface area contributed by atoms with E-state index in [-0.39, 0.29) is 12.4 Å². The van der Waals surface area contributed by atoms with Crippen LogP contribution in [-0.2, 0) is 6.54 Å². The Morgan fingerprint density at radius 3 is 3.03 bits per heavy atom. The first kappa shape index (κ1) is 18.4. The number of pyridine rings is 1. The smallest absolute Gasteiger partial charge is 0.184 e. The van der Waals surface area contributed by atoms with Gasteiger partial charge in [-0.2, -0.15) is 0 Å². The van der Waals surface area contributed by atoms with E-state index in [1.54, 1.807) is 17.7 Å². The molecule has 2 N–H and O–H groups in total. The van der Waals surface area contributed by atoms with Gasteiger partial charge in [-0.25, -0.2) is 19.3 Å². The zero-order valence-corrected chi connectivity index (χ0v) is 16.7. The van der Waals surface area contributed by atoms with Gasteiger partial charge in [0.1, 0.15) is 11.3 Å². The van der Waals surface area contributed by atoms with Gasteiger partial charge in [0.25, 0.3) is 0 Å². The van der Waals surface area contributed by atoms with Crippen molar-refractivity contribution in [2.24, 2.45) is 5.92 Å². The number of fused-ring (bicyclic) bond motifs is 2. The molecule has 5 rings (SSSR count). The van der Waals surface area contributed by atoms with Crippen LogP contribution in [0.2, 0.25) is 0 Å². The van der Waals surface area contributed by atoms with Crippen LogP contribution in [0.15, 0.2) is 36.8 Å². The lowest BCUT2D eigenvalue weighted by Crippen LogP contribution is -2.28. The second kappa shape index (κ2) is 7.68. The molecule has 0 radical (unpaired) electrons. The number of halogens is 1. The highest BCUT2D eigenvalue weighted by molar-refractivity contribution is 7.22. The molecule has 2 atom stereocenters. The Morgan fingerprint density at radius 1 is 1.21 bits per heavy atom. The average Bonchev–Trinajstić information content (AvgIpc) is 3.31. The standard InChI is InChI=1S/C21H22FN5OS/c22-15-8-18-20(23-9-15)27(12-24-18)10-13-4-5-17-19(7-13)29-21(26-17)25-16-3-1-2-14(6-16)11-28/h4-5,7-9,12,14,16,28H,1-3,6,10-11H2,(H,25,26)/t14-,16?/m0/s1. The van der Waals surface area contributed by atoms with Crippen molar-refractivity contribution in [2.45, 2.75) is 38.3 Å². The molecule has 1 aromatic carbocycles. The van der Waals surface area contributed by atoms with Gasteiger partial charge >= 0.3 is 0 Å². The van der Waals surface area contributed by atoms with Crippen LogP contribution in [0.1, 0.15) is 31.2 Å². The molecule has 1 aliphatic rings. The van der Waals surface area contributed by atoms with E-state index in [0.717, 1.165) is 46.6 Å². The largest absolute Gasteiger partial charge is 0.396 e. The summed E-state index contributed by atoms with van der Waals surface area (Å²) < 4.78 is 16.4. The van der Waals surface area contributed by atoms with E-state index in [0.29, 0.717) is 29.7 Å². The molecule has 150 valence electrons. The van der Waals surface area contributed by atoms with Crippen LogP contribution >= 0.6 is 11.3 Å². The number of nitrogens with one attached hydrogen (secondary N) is 1. The van der Waals surface area contributed by atoms with Crippen LogP contribution in [0.25, 0.3) is 21.4 Å². The van der Waals surface area contributed by atoms with Crippen LogP contribution in [0.4, 0.5) is 9.52 Å². The molecule has 0 spiro atoms. The fraction of sp³-hybridized carbons (Fsp3) is 0.381. The van der Waals surface area contributed by atoms with Crippen LogP contribution < -0.4 is 5.32 Å². The van der Waals surface area contributed by atoms with Crippen molar-refractivity contribution in [3.63, 3.8) is 0 Å². The van der Waals surface area contributed by atoms with Gasteiger partial charge < -0.3 is 15.0 Å². The van der Waals surface area contributed by atoms with E-state index in [1.165, 1.54) is 12.3 Å². The quantitative estimate of drug-likeness (QED) is 0.515. The third-order valence-electron chi connectivity index (χ3n) is 5.60. The van der Waals surface area contributed by atoms with E-state index in [4.69, 9.17) is 4.98 Å². The molecule has 8 heteroatoms. The summed E-state index contributed by atoms with van der Waals surface area (Å²) in [6, 6.07) is 8.02. The van der Waals surface area contributed by atoms with Crippen molar-refractivity contribution in [3.05, 3.63) is 48.2 Å². The third kappa shape index (κ3) is 3.82. The molecule has 3 aromatic heterocycles. The number of imidazole rings is 1. The van der Waals surface area contributed by atoms with Gasteiger partial charge in [0.15, 0.2) is 10.8 Å². The molecule has 1 fully saturated rings. The van der Waals surface area contributed by atoms with Gasteiger partial charge in [-0.05, 0) is 42.9 Å². The summed E-state index contributed by atoms with van der Waals surface area (Å²) in [5, 5.41) is 13.9. The van der Waals surface area contributed by atoms with Crippen LogP contribution in [-0.4, -0.2) is 37.3 Å². The molecule has 0 aliphatic heterocycles. The van der Waals surface area contributed by atoms with Crippen molar-refractivity contribution in [1.82, 2.24) is 19.5 Å². The number of hydrogen-bond donors (Lipinski definition) is 2. The molecule has 1 aliphatic carbocycles. The van der Waals surface area contributed by atoms with Gasteiger partial charge in [-0.1, -0.05) is 23.8 Å². The topological polar surface area (TPSA) is 75.9 Å². The fourth-order valence-corrected chi connectivity index (χ4v) is 5.13. The molecule has 1 unspecified atom stereocenters. The Bertz CT molecular complexity index is 1160. The van der Waals surface area contributed by atoms with Crippen molar-refractivity contribution in [3.8, 4) is 0 Å². The number of aromatic nitrogens is 4. The second-order valence-corrected chi connectivity index (χ2v) is 8.78. The maximum Gasteiger partial charge on any atom is 0.184 e. The first-order chi connectivity index (χ1) is 14.2. The summed E-state index contributed by atoms with van der Waals surface area (Å²) in [7, 11) is 0. The van der Waals surface area contributed by atoms with Crippen LogP contribution in [0, 0.1) is 11.7 Å². The van der Waals surface area contributed by atoms with Gasteiger partial charge in [0.05, 0.1) is 29.3 Å². The minimum Gasteiger partial charge on any atom is -0.396 e. The number of benzene rings is 1. The lowest BCUT2D eigenvalue weighted by Gasteiger charge is -2.28. The third-order valence-corrected chi connectivity index (χ3v) is 6.55. The first-order valence-electron chi connectivity index (χ1n) is 9.91. The highest BCUT2D eigenvalue weighted by Crippen LogP contribution is 2.31. The van der Waals surface area contributed by atoms with E-state index in [9.17, 15) is 9.50 Å². The Hall–Kier alpha value is -2.58. The fourth-order valence-electron chi connectivity index (χ4n) is 4.13. The molecular formula is C21H22FN5OS. The van der Waals surface area contributed by atoms with Gasteiger partial charge in [0.2, 0.25) is 0 Å². The zero-order chi connectivity index (χ0) is 19.8. The summed E-state index contributed by atoms with van der Waals surface area (Å²) in [6.07, 6.45) is 7.30. The summed E-state index contributed by atoms with van der Waals surface area (Å²) in [5.41, 5.74) is 3.33.